The van der Waals surface area contributed by atoms with Crippen LogP contribution in [0.3, 0.4) is 0 Å². The van der Waals surface area contributed by atoms with Crippen LogP contribution in [-0.4, -0.2) is 30.6 Å². The summed E-state index contributed by atoms with van der Waals surface area (Å²) in [6.45, 7) is 2.93. The summed E-state index contributed by atoms with van der Waals surface area (Å²) in [5.74, 6) is -0.377. The summed E-state index contributed by atoms with van der Waals surface area (Å²) in [6, 6.07) is 2.91. The predicted octanol–water partition coefficient (Wildman–Crippen LogP) is 2.25. The normalized spacial score (nSPS) is 17.0. The molecule has 0 spiro atoms. The van der Waals surface area contributed by atoms with E-state index in [1.165, 1.54) is 6.07 Å². The number of primary amides is 1. The lowest BCUT2D eigenvalue weighted by Gasteiger charge is -2.34. The Labute approximate surface area is 132 Å². The number of anilines is 1. The van der Waals surface area contributed by atoms with E-state index in [9.17, 15) is 14.9 Å². The number of halogens is 1. The lowest BCUT2D eigenvalue weighted by molar-refractivity contribution is -0.385. The molecule has 0 atom stereocenters. The molecule has 22 heavy (non-hydrogen) atoms. The molecule has 0 unspecified atom stereocenters. The van der Waals surface area contributed by atoms with Gasteiger partial charge in [-0.15, -0.1) is 0 Å². The molecule has 120 valence electrons. The second-order valence-electron chi connectivity index (χ2n) is 5.49. The highest BCUT2D eigenvalue weighted by Crippen LogP contribution is 2.34. The van der Waals surface area contributed by atoms with Crippen molar-refractivity contribution in [1.82, 2.24) is 0 Å². The van der Waals surface area contributed by atoms with Gasteiger partial charge in [0.15, 0.2) is 0 Å². The van der Waals surface area contributed by atoms with Crippen molar-refractivity contribution in [3.63, 3.8) is 0 Å². The van der Waals surface area contributed by atoms with Crippen LogP contribution in [-0.2, 0) is 9.53 Å². The van der Waals surface area contributed by atoms with Crippen LogP contribution in [0.25, 0.3) is 0 Å². The van der Waals surface area contributed by atoms with Crippen molar-refractivity contribution in [2.75, 3.05) is 25.1 Å². The van der Waals surface area contributed by atoms with Crippen molar-refractivity contribution in [2.24, 2.45) is 11.1 Å². The second-order valence-corrected chi connectivity index (χ2v) is 5.89. The van der Waals surface area contributed by atoms with E-state index in [2.05, 4.69) is 5.32 Å². The summed E-state index contributed by atoms with van der Waals surface area (Å²) in [7, 11) is 0. The van der Waals surface area contributed by atoms with Gasteiger partial charge in [-0.2, -0.15) is 0 Å². The van der Waals surface area contributed by atoms with E-state index in [4.69, 9.17) is 22.1 Å². The molecule has 2 rings (SSSR count). The summed E-state index contributed by atoms with van der Waals surface area (Å²) in [5.41, 5.74) is 5.87. The topological polar surface area (TPSA) is 107 Å². The minimum Gasteiger partial charge on any atom is -0.383 e. The molecule has 1 amide bonds. The van der Waals surface area contributed by atoms with E-state index in [0.717, 1.165) is 0 Å². The van der Waals surface area contributed by atoms with E-state index < -0.39 is 10.3 Å². The van der Waals surface area contributed by atoms with Gasteiger partial charge in [-0.1, -0.05) is 11.6 Å². The van der Waals surface area contributed by atoms with Gasteiger partial charge in [-0.05, 0) is 25.8 Å². The molecule has 1 aromatic rings. The van der Waals surface area contributed by atoms with Crippen molar-refractivity contribution in [3.05, 3.63) is 32.8 Å². The number of hydrogen-bond donors (Lipinski definition) is 2. The van der Waals surface area contributed by atoms with Gasteiger partial charge in [-0.3, -0.25) is 14.9 Å². The van der Waals surface area contributed by atoms with E-state index in [0.29, 0.717) is 43.9 Å². The van der Waals surface area contributed by atoms with Gasteiger partial charge in [-0.25, -0.2) is 0 Å². The fourth-order valence-corrected chi connectivity index (χ4v) is 2.76. The van der Waals surface area contributed by atoms with Crippen LogP contribution in [0.4, 0.5) is 11.4 Å². The molecule has 1 heterocycles. The quantitative estimate of drug-likeness (QED) is 0.637. The lowest BCUT2D eigenvalue weighted by Crippen LogP contribution is -2.46. The molecule has 1 saturated heterocycles. The van der Waals surface area contributed by atoms with Crippen LogP contribution >= 0.6 is 11.6 Å². The second kappa shape index (κ2) is 6.50. The van der Waals surface area contributed by atoms with Crippen LogP contribution in [0.15, 0.2) is 12.1 Å². The molecule has 0 bridgehead atoms. The number of aryl methyl sites for hydroxylation is 1. The maximum absolute atomic E-state index is 11.8. The van der Waals surface area contributed by atoms with Gasteiger partial charge in [0.05, 0.1) is 21.0 Å². The largest absolute Gasteiger partial charge is 0.383 e. The highest BCUT2D eigenvalue weighted by atomic mass is 35.5. The first-order valence-corrected chi connectivity index (χ1v) is 7.29. The number of benzene rings is 1. The first kappa shape index (κ1) is 16.5. The third kappa shape index (κ3) is 3.31. The number of amides is 1. The standard InChI is InChI=1S/C14H18ClN3O4/c1-9-6-11(10(15)7-12(9)18(20)21)17-8-14(13(16)19)2-4-22-5-3-14/h6-7,17H,2-5,8H2,1H3,(H2,16,19). The van der Waals surface area contributed by atoms with Gasteiger partial charge >= 0.3 is 0 Å². The van der Waals surface area contributed by atoms with Crippen molar-refractivity contribution in [2.45, 2.75) is 19.8 Å². The molecule has 1 aliphatic heterocycles. The van der Waals surface area contributed by atoms with Gasteiger partial charge < -0.3 is 15.8 Å². The van der Waals surface area contributed by atoms with Crippen LogP contribution < -0.4 is 11.1 Å². The van der Waals surface area contributed by atoms with Crippen LogP contribution in [0.5, 0.6) is 0 Å². The monoisotopic (exact) mass is 327 g/mol. The highest BCUT2D eigenvalue weighted by molar-refractivity contribution is 6.33. The summed E-state index contributed by atoms with van der Waals surface area (Å²) in [4.78, 5) is 22.2. The predicted molar refractivity (Wildman–Crippen MR) is 83.0 cm³/mol. The highest BCUT2D eigenvalue weighted by Gasteiger charge is 2.38. The SMILES string of the molecule is Cc1cc(NCC2(C(N)=O)CCOCC2)c(Cl)cc1[N+](=O)[O-]. The summed E-state index contributed by atoms with van der Waals surface area (Å²) in [5, 5.41) is 14.2. The Morgan fingerprint density at radius 1 is 1.50 bits per heavy atom. The summed E-state index contributed by atoms with van der Waals surface area (Å²) in [6.07, 6.45) is 1.08. The molecule has 0 radical (unpaired) electrons. The Morgan fingerprint density at radius 3 is 2.68 bits per heavy atom. The van der Waals surface area contributed by atoms with Crippen LogP contribution in [0.1, 0.15) is 18.4 Å². The molecule has 8 heteroatoms. The zero-order chi connectivity index (χ0) is 16.3. The fraction of sp³-hybridized carbons (Fsp3) is 0.500. The summed E-state index contributed by atoms with van der Waals surface area (Å²) >= 11 is 6.08. The molecule has 0 aliphatic carbocycles. The molecule has 1 aromatic carbocycles. The molecule has 0 aromatic heterocycles. The molecular weight excluding hydrogens is 310 g/mol. The molecule has 7 nitrogen and oxygen atoms in total. The van der Waals surface area contributed by atoms with Crippen molar-refractivity contribution in [3.8, 4) is 0 Å². The maximum Gasteiger partial charge on any atom is 0.273 e. The number of nitrogens with two attached hydrogens (primary N) is 1. The molecule has 3 N–H and O–H groups in total. The van der Waals surface area contributed by atoms with Gasteiger partial charge in [0.25, 0.3) is 5.69 Å². The van der Waals surface area contributed by atoms with Crippen molar-refractivity contribution < 1.29 is 14.5 Å². The third-order valence-electron chi connectivity index (χ3n) is 4.07. The minimum absolute atomic E-state index is 0.0359. The number of nitro benzene ring substituents is 1. The van der Waals surface area contributed by atoms with Gasteiger partial charge in [0.2, 0.25) is 5.91 Å². The minimum atomic E-state index is -0.683. The zero-order valence-corrected chi connectivity index (χ0v) is 13.0. The Morgan fingerprint density at radius 2 is 2.14 bits per heavy atom. The Hall–Kier alpha value is -1.86. The molecular formula is C14H18ClN3O4. The van der Waals surface area contributed by atoms with Gasteiger partial charge in [0, 0.05) is 31.4 Å². The number of rotatable bonds is 5. The van der Waals surface area contributed by atoms with E-state index in [1.807, 2.05) is 0 Å². The van der Waals surface area contributed by atoms with Crippen molar-refractivity contribution >= 4 is 28.9 Å². The molecule has 1 fully saturated rings. The maximum atomic E-state index is 11.8. The van der Waals surface area contributed by atoms with Crippen LogP contribution in [0, 0.1) is 22.5 Å². The Kier molecular flexibility index (Phi) is 4.87. The number of carbonyl (C=O) groups excluding carboxylic acids is 1. The van der Waals surface area contributed by atoms with E-state index in [1.54, 1.807) is 13.0 Å². The number of nitrogens with zero attached hydrogens (tertiary/aromatic N) is 1. The third-order valence-corrected chi connectivity index (χ3v) is 4.38. The first-order valence-electron chi connectivity index (χ1n) is 6.92. The Bertz CT molecular complexity index is 600. The number of hydrogen-bond acceptors (Lipinski definition) is 5. The zero-order valence-electron chi connectivity index (χ0n) is 12.2. The smallest absolute Gasteiger partial charge is 0.273 e. The molecule has 1 aliphatic rings. The number of ether oxygens (including phenoxy) is 1. The Balaban J connectivity index is 2.18. The number of carbonyl (C=O) groups is 1. The van der Waals surface area contributed by atoms with E-state index in [-0.39, 0.29) is 16.6 Å². The first-order chi connectivity index (χ1) is 10.4. The van der Waals surface area contributed by atoms with Crippen LogP contribution in [0.2, 0.25) is 5.02 Å². The van der Waals surface area contributed by atoms with Gasteiger partial charge in [0.1, 0.15) is 0 Å². The molecule has 0 saturated carbocycles. The number of nitro groups is 1. The summed E-state index contributed by atoms with van der Waals surface area (Å²) < 4.78 is 5.28. The van der Waals surface area contributed by atoms with E-state index >= 15 is 0 Å². The number of nitrogens with one attached hydrogen (secondary N) is 1. The lowest BCUT2D eigenvalue weighted by atomic mass is 9.79. The average Bonchev–Trinajstić information content (AvgIpc) is 2.48. The van der Waals surface area contributed by atoms with Crippen molar-refractivity contribution in [1.29, 1.82) is 0 Å². The average molecular weight is 328 g/mol. The fourth-order valence-electron chi connectivity index (χ4n) is 2.54.